The standard InChI is InChI=1S/C14H13FN4O/c1-19-8-6-13(18-19)14(20)17-12-5-4-11(15)9-10(12)3-2-7-16/h4-6,8-9H,7,16H2,1H3,(H,17,20). The van der Waals surface area contributed by atoms with Gasteiger partial charge in [0.25, 0.3) is 5.91 Å². The fourth-order valence-corrected chi connectivity index (χ4v) is 1.60. The molecule has 0 bridgehead atoms. The molecule has 2 rings (SSSR count). The molecule has 102 valence electrons. The summed E-state index contributed by atoms with van der Waals surface area (Å²) in [5.41, 5.74) is 6.36. The van der Waals surface area contributed by atoms with Crippen molar-refractivity contribution >= 4 is 11.6 Å². The first-order valence-corrected chi connectivity index (χ1v) is 5.89. The van der Waals surface area contributed by atoms with Gasteiger partial charge in [0.1, 0.15) is 5.82 Å². The lowest BCUT2D eigenvalue weighted by molar-refractivity contribution is 0.102. The zero-order valence-corrected chi connectivity index (χ0v) is 10.9. The summed E-state index contributed by atoms with van der Waals surface area (Å²) in [5.74, 6) is 4.54. The molecule has 6 heteroatoms. The van der Waals surface area contributed by atoms with Crippen molar-refractivity contribution in [2.45, 2.75) is 0 Å². The van der Waals surface area contributed by atoms with Crippen molar-refractivity contribution in [3.8, 4) is 11.8 Å². The molecule has 0 aliphatic carbocycles. The molecule has 20 heavy (non-hydrogen) atoms. The van der Waals surface area contributed by atoms with Crippen molar-refractivity contribution in [2.75, 3.05) is 11.9 Å². The fraction of sp³-hybridized carbons (Fsp3) is 0.143. The highest BCUT2D eigenvalue weighted by atomic mass is 19.1. The minimum atomic E-state index is -0.429. The molecular weight excluding hydrogens is 259 g/mol. The largest absolute Gasteiger partial charge is 0.320 e. The predicted octanol–water partition coefficient (Wildman–Crippen LogP) is 1.12. The molecule has 5 nitrogen and oxygen atoms in total. The molecule has 0 fully saturated rings. The van der Waals surface area contributed by atoms with Crippen LogP contribution in [0.4, 0.5) is 10.1 Å². The number of anilines is 1. The zero-order valence-electron chi connectivity index (χ0n) is 10.9. The summed E-state index contributed by atoms with van der Waals surface area (Å²) in [5, 5.41) is 6.64. The van der Waals surface area contributed by atoms with Crippen LogP contribution in [0.15, 0.2) is 30.5 Å². The molecule has 1 amide bonds. The number of nitrogens with zero attached hydrogens (tertiary/aromatic N) is 2. The van der Waals surface area contributed by atoms with E-state index in [4.69, 9.17) is 5.73 Å². The molecule has 3 N–H and O–H groups in total. The molecule has 0 aliphatic heterocycles. The van der Waals surface area contributed by atoms with Crippen molar-refractivity contribution in [2.24, 2.45) is 12.8 Å². The van der Waals surface area contributed by atoms with Crippen LogP contribution in [0, 0.1) is 17.7 Å². The molecule has 1 aromatic heterocycles. The number of hydrogen-bond acceptors (Lipinski definition) is 3. The summed E-state index contributed by atoms with van der Waals surface area (Å²) in [4.78, 5) is 12.0. The van der Waals surface area contributed by atoms with E-state index in [1.807, 2.05) is 0 Å². The van der Waals surface area contributed by atoms with E-state index < -0.39 is 5.82 Å². The van der Waals surface area contributed by atoms with E-state index in [9.17, 15) is 9.18 Å². The number of aromatic nitrogens is 2. The first kappa shape index (κ1) is 13.8. The minimum Gasteiger partial charge on any atom is -0.320 e. The van der Waals surface area contributed by atoms with Gasteiger partial charge in [-0.05, 0) is 24.3 Å². The van der Waals surface area contributed by atoms with Gasteiger partial charge in [-0.15, -0.1) is 0 Å². The maximum absolute atomic E-state index is 13.2. The Morgan fingerprint density at radius 1 is 1.50 bits per heavy atom. The van der Waals surface area contributed by atoms with Crippen molar-refractivity contribution < 1.29 is 9.18 Å². The highest BCUT2D eigenvalue weighted by Crippen LogP contribution is 2.16. The second-order valence-electron chi connectivity index (χ2n) is 4.02. The van der Waals surface area contributed by atoms with Gasteiger partial charge in [-0.3, -0.25) is 9.48 Å². The Balaban J connectivity index is 2.26. The van der Waals surface area contributed by atoms with Crippen LogP contribution >= 0.6 is 0 Å². The Hall–Kier alpha value is -2.65. The highest BCUT2D eigenvalue weighted by Gasteiger charge is 2.11. The zero-order chi connectivity index (χ0) is 14.5. The lowest BCUT2D eigenvalue weighted by Gasteiger charge is -2.06. The van der Waals surface area contributed by atoms with Gasteiger partial charge in [-0.25, -0.2) is 4.39 Å². The minimum absolute atomic E-state index is 0.157. The van der Waals surface area contributed by atoms with Gasteiger partial charge in [0, 0.05) is 13.2 Å². The van der Waals surface area contributed by atoms with Crippen molar-refractivity contribution in [1.29, 1.82) is 0 Å². The molecular formula is C14H13FN4O. The smallest absolute Gasteiger partial charge is 0.276 e. The summed E-state index contributed by atoms with van der Waals surface area (Å²) in [6.45, 7) is 0.157. The Morgan fingerprint density at radius 3 is 2.95 bits per heavy atom. The van der Waals surface area contributed by atoms with Gasteiger partial charge in [0.2, 0.25) is 0 Å². The number of halogens is 1. The fourth-order valence-electron chi connectivity index (χ4n) is 1.60. The first-order valence-electron chi connectivity index (χ1n) is 5.89. The van der Waals surface area contributed by atoms with Crippen LogP contribution in [0.5, 0.6) is 0 Å². The van der Waals surface area contributed by atoms with Gasteiger partial charge < -0.3 is 11.1 Å². The SMILES string of the molecule is Cn1ccc(C(=O)Nc2ccc(F)cc2C#CCN)n1. The molecule has 0 radical (unpaired) electrons. The van der Waals surface area contributed by atoms with Crippen LogP contribution in [-0.4, -0.2) is 22.2 Å². The van der Waals surface area contributed by atoms with Crippen molar-refractivity contribution in [3.63, 3.8) is 0 Å². The second-order valence-corrected chi connectivity index (χ2v) is 4.02. The van der Waals surface area contributed by atoms with Crippen molar-refractivity contribution in [1.82, 2.24) is 9.78 Å². The Bertz CT molecular complexity index is 697. The summed E-state index contributed by atoms with van der Waals surface area (Å²) in [6.07, 6.45) is 1.66. The van der Waals surface area contributed by atoms with Gasteiger partial charge in [-0.1, -0.05) is 11.8 Å². The number of benzene rings is 1. The lowest BCUT2D eigenvalue weighted by atomic mass is 10.1. The van der Waals surface area contributed by atoms with Crippen LogP contribution in [0.2, 0.25) is 0 Å². The maximum atomic E-state index is 13.2. The summed E-state index contributed by atoms with van der Waals surface area (Å²) >= 11 is 0. The molecule has 0 unspecified atom stereocenters. The molecule has 0 atom stereocenters. The van der Waals surface area contributed by atoms with Crippen LogP contribution in [0.25, 0.3) is 0 Å². The maximum Gasteiger partial charge on any atom is 0.276 e. The quantitative estimate of drug-likeness (QED) is 0.805. The molecule has 2 aromatic rings. The number of hydrogen-bond donors (Lipinski definition) is 2. The Morgan fingerprint density at radius 2 is 2.30 bits per heavy atom. The Labute approximate surface area is 115 Å². The number of nitrogens with one attached hydrogen (secondary N) is 1. The monoisotopic (exact) mass is 272 g/mol. The normalized spacial score (nSPS) is 9.75. The number of carbonyl (C=O) groups is 1. The number of carbonyl (C=O) groups excluding carboxylic acids is 1. The first-order chi connectivity index (χ1) is 9.60. The summed E-state index contributed by atoms with van der Waals surface area (Å²) < 4.78 is 14.7. The van der Waals surface area contributed by atoms with Crippen LogP contribution < -0.4 is 11.1 Å². The van der Waals surface area contributed by atoms with E-state index in [0.717, 1.165) is 0 Å². The van der Waals surface area contributed by atoms with E-state index in [-0.39, 0.29) is 18.1 Å². The molecule has 0 aliphatic rings. The third kappa shape index (κ3) is 3.22. The second kappa shape index (κ2) is 5.99. The number of amides is 1. The van der Waals surface area contributed by atoms with Gasteiger partial charge in [0.15, 0.2) is 5.69 Å². The molecule has 0 saturated carbocycles. The Kier molecular flexibility index (Phi) is 4.13. The van der Waals surface area contributed by atoms with E-state index in [0.29, 0.717) is 11.3 Å². The topological polar surface area (TPSA) is 72.9 Å². The third-order valence-corrected chi connectivity index (χ3v) is 2.50. The third-order valence-electron chi connectivity index (χ3n) is 2.50. The van der Waals surface area contributed by atoms with E-state index in [1.165, 1.54) is 22.9 Å². The van der Waals surface area contributed by atoms with Crippen LogP contribution in [0.3, 0.4) is 0 Å². The van der Waals surface area contributed by atoms with E-state index >= 15 is 0 Å². The number of nitrogens with two attached hydrogens (primary N) is 1. The molecule has 0 saturated heterocycles. The molecule has 0 spiro atoms. The average Bonchev–Trinajstić information content (AvgIpc) is 2.85. The van der Waals surface area contributed by atoms with E-state index in [2.05, 4.69) is 22.3 Å². The number of rotatable bonds is 2. The predicted molar refractivity (Wildman–Crippen MR) is 73.5 cm³/mol. The van der Waals surface area contributed by atoms with Gasteiger partial charge in [-0.2, -0.15) is 5.10 Å². The van der Waals surface area contributed by atoms with Crippen LogP contribution in [0.1, 0.15) is 16.1 Å². The lowest BCUT2D eigenvalue weighted by Crippen LogP contribution is -2.14. The molecule has 1 aromatic carbocycles. The van der Waals surface area contributed by atoms with E-state index in [1.54, 1.807) is 19.3 Å². The average molecular weight is 272 g/mol. The highest BCUT2D eigenvalue weighted by molar-refractivity contribution is 6.03. The summed E-state index contributed by atoms with van der Waals surface area (Å²) in [6, 6.07) is 5.54. The van der Waals surface area contributed by atoms with Gasteiger partial charge in [0.05, 0.1) is 17.8 Å². The van der Waals surface area contributed by atoms with Crippen molar-refractivity contribution in [3.05, 3.63) is 47.5 Å². The van der Waals surface area contributed by atoms with Gasteiger partial charge >= 0.3 is 0 Å². The summed E-state index contributed by atoms with van der Waals surface area (Å²) in [7, 11) is 1.72. The molecule has 1 heterocycles. The number of aryl methyl sites for hydroxylation is 1. The van der Waals surface area contributed by atoms with Crippen LogP contribution in [-0.2, 0) is 7.05 Å².